The van der Waals surface area contributed by atoms with E-state index in [1.54, 1.807) is 6.92 Å². The molecule has 2 rings (SSSR count). The van der Waals surface area contributed by atoms with Gasteiger partial charge in [0.15, 0.2) is 0 Å². The van der Waals surface area contributed by atoms with Crippen LogP contribution < -0.4 is 5.73 Å². The second-order valence-corrected chi connectivity index (χ2v) is 4.68. The average molecular weight is 237 g/mol. The highest BCUT2D eigenvalue weighted by molar-refractivity contribution is 5.70. The van der Waals surface area contributed by atoms with E-state index < -0.39 is 6.04 Å². The van der Waals surface area contributed by atoms with Gasteiger partial charge < -0.3 is 14.9 Å². The van der Waals surface area contributed by atoms with E-state index in [9.17, 15) is 4.79 Å². The van der Waals surface area contributed by atoms with Crippen LogP contribution in [0.4, 0.5) is 0 Å². The maximum absolute atomic E-state index is 11.3. The van der Waals surface area contributed by atoms with Crippen LogP contribution in [0.2, 0.25) is 0 Å². The van der Waals surface area contributed by atoms with Crippen molar-refractivity contribution >= 4 is 5.97 Å². The molecule has 2 N–H and O–H groups in total. The third-order valence-corrected chi connectivity index (χ3v) is 3.18. The summed E-state index contributed by atoms with van der Waals surface area (Å²) in [6.07, 6.45) is 1.35. The Labute approximate surface area is 101 Å². The fourth-order valence-corrected chi connectivity index (χ4v) is 1.99. The Morgan fingerprint density at radius 3 is 2.94 bits per heavy atom. The zero-order valence-corrected chi connectivity index (χ0v) is 10.3. The highest BCUT2D eigenvalue weighted by atomic mass is 16.5. The van der Waals surface area contributed by atoms with Gasteiger partial charge in [-0.05, 0) is 31.4 Å². The minimum Gasteiger partial charge on any atom is -0.466 e. The summed E-state index contributed by atoms with van der Waals surface area (Å²) in [5, 5.41) is 0. The summed E-state index contributed by atoms with van der Waals surface area (Å²) >= 11 is 0. The molecule has 0 amide bonds. The first-order chi connectivity index (χ1) is 8.11. The molecule has 1 aromatic rings. The zero-order chi connectivity index (χ0) is 12.4. The molecule has 1 aromatic heterocycles. The fourth-order valence-electron chi connectivity index (χ4n) is 1.99. The van der Waals surface area contributed by atoms with Gasteiger partial charge in [-0.15, -0.1) is 0 Å². The molecule has 1 heterocycles. The summed E-state index contributed by atoms with van der Waals surface area (Å²) in [6.45, 7) is 4.36. The first-order valence-corrected chi connectivity index (χ1v) is 6.12. The number of esters is 1. The number of ether oxygens (including phenoxy) is 1. The summed E-state index contributed by atoms with van der Waals surface area (Å²) in [5.74, 6) is 2.63. The fraction of sp³-hybridized carbons (Fsp3) is 0.615. The van der Waals surface area contributed by atoms with Gasteiger partial charge in [0, 0.05) is 5.92 Å². The van der Waals surface area contributed by atoms with E-state index in [0.717, 1.165) is 5.76 Å². The number of carbonyl (C=O) groups excluding carboxylic acids is 1. The van der Waals surface area contributed by atoms with Gasteiger partial charge in [-0.25, -0.2) is 0 Å². The van der Waals surface area contributed by atoms with Crippen molar-refractivity contribution in [1.29, 1.82) is 0 Å². The first kappa shape index (κ1) is 12.2. The second kappa shape index (κ2) is 4.92. The van der Waals surface area contributed by atoms with Crippen molar-refractivity contribution in [3.05, 3.63) is 23.7 Å². The van der Waals surface area contributed by atoms with E-state index in [2.05, 4.69) is 6.92 Å². The molecule has 94 valence electrons. The number of furan rings is 1. The standard InChI is InChI=1S/C13H19NO3/c1-3-16-13(15)7-10(14)12-5-4-11(17-12)9-6-8(9)2/h4-5,8-10H,3,6-7,14H2,1-2H3/t8?,9?,10-/m0/s1. The van der Waals surface area contributed by atoms with Crippen LogP contribution >= 0.6 is 0 Å². The van der Waals surface area contributed by atoms with E-state index in [-0.39, 0.29) is 12.4 Å². The Morgan fingerprint density at radius 2 is 2.35 bits per heavy atom. The Morgan fingerprint density at radius 1 is 1.65 bits per heavy atom. The minimum atomic E-state index is -0.406. The lowest BCUT2D eigenvalue weighted by Crippen LogP contribution is -2.16. The van der Waals surface area contributed by atoms with Gasteiger partial charge in [0.1, 0.15) is 11.5 Å². The van der Waals surface area contributed by atoms with Crippen molar-refractivity contribution in [3.8, 4) is 0 Å². The van der Waals surface area contributed by atoms with Crippen molar-refractivity contribution in [2.45, 2.75) is 38.6 Å². The van der Waals surface area contributed by atoms with E-state index in [4.69, 9.17) is 14.9 Å². The van der Waals surface area contributed by atoms with Crippen LogP contribution in [0.5, 0.6) is 0 Å². The number of carbonyl (C=O) groups is 1. The molecule has 1 aliphatic carbocycles. The predicted molar refractivity (Wildman–Crippen MR) is 63.4 cm³/mol. The Balaban J connectivity index is 1.92. The molecule has 1 aliphatic rings. The lowest BCUT2D eigenvalue weighted by atomic mass is 10.2. The highest BCUT2D eigenvalue weighted by Gasteiger charge is 2.36. The van der Waals surface area contributed by atoms with Gasteiger partial charge in [0.25, 0.3) is 0 Å². The Kier molecular flexibility index (Phi) is 3.52. The Bertz CT molecular complexity index is 399. The van der Waals surface area contributed by atoms with Gasteiger partial charge in [-0.2, -0.15) is 0 Å². The van der Waals surface area contributed by atoms with Crippen LogP contribution in [0.3, 0.4) is 0 Å². The van der Waals surface area contributed by atoms with Gasteiger partial charge in [0.2, 0.25) is 0 Å². The molecule has 3 atom stereocenters. The molecule has 4 nitrogen and oxygen atoms in total. The molecule has 0 bridgehead atoms. The predicted octanol–water partition coefficient (Wildman–Crippen LogP) is 2.36. The lowest BCUT2D eigenvalue weighted by molar-refractivity contribution is -0.143. The monoisotopic (exact) mass is 237 g/mol. The molecule has 0 aliphatic heterocycles. The van der Waals surface area contributed by atoms with Gasteiger partial charge in [0.05, 0.1) is 19.1 Å². The van der Waals surface area contributed by atoms with Crippen molar-refractivity contribution in [1.82, 2.24) is 0 Å². The van der Waals surface area contributed by atoms with E-state index in [1.165, 1.54) is 6.42 Å². The third-order valence-electron chi connectivity index (χ3n) is 3.18. The molecule has 2 unspecified atom stereocenters. The topological polar surface area (TPSA) is 65.5 Å². The molecule has 1 fully saturated rings. The molecule has 0 aromatic carbocycles. The second-order valence-electron chi connectivity index (χ2n) is 4.68. The summed E-state index contributed by atoms with van der Waals surface area (Å²) in [7, 11) is 0. The Hall–Kier alpha value is -1.29. The average Bonchev–Trinajstić information content (AvgIpc) is 2.81. The van der Waals surface area contributed by atoms with Crippen molar-refractivity contribution < 1.29 is 13.9 Å². The highest BCUT2D eigenvalue weighted by Crippen LogP contribution is 2.47. The number of hydrogen-bond donors (Lipinski definition) is 1. The van der Waals surface area contributed by atoms with Gasteiger partial charge >= 0.3 is 5.97 Å². The third kappa shape index (κ3) is 2.88. The molecular weight excluding hydrogens is 218 g/mol. The van der Waals surface area contributed by atoms with Crippen molar-refractivity contribution in [2.75, 3.05) is 6.61 Å². The SMILES string of the molecule is CCOC(=O)C[C@H](N)c1ccc(C2CC2C)o1. The molecule has 0 radical (unpaired) electrons. The van der Waals surface area contributed by atoms with E-state index >= 15 is 0 Å². The molecule has 0 saturated heterocycles. The summed E-state index contributed by atoms with van der Waals surface area (Å²) in [5.41, 5.74) is 5.90. The van der Waals surface area contributed by atoms with Crippen LogP contribution in [0.25, 0.3) is 0 Å². The number of rotatable bonds is 5. The molecule has 4 heteroatoms. The number of nitrogens with two attached hydrogens (primary N) is 1. The summed E-state index contributed by atoms with van der Waals surface area (Å²) in [6, 6.07) is 3.43. The molecule has 0 spiro atoms. The van der Waals surface area contributed by atoms with Crippen molar-refractivity contribution in [2.24, 2.45) is 11.7 Å². The number of hydrogen-bond acceptors (Lipinski definition) is 4. The maximum atomic E-state index is 11.3. The summed E-state index contributed by atoms with van der Waals surface area (Å²) < 4.78 is 10.5. The van der Waals surface area contributed by atoms with Crippen LogP contribution in [0.15, 0.2) is 16.5 Å². The van der Waals surface area contributed by atoms with Crippen LogP contribution in [-0.2, 0) is 9.53 Å². The largest absolute Gasteiger partial charge is 0.466 e. The minimum absolute atomic E-state index is 0.168. The van der Waals surface area contributed by atoms with Crippen LogP contribution in [-0.4, -0.2) is 12.6 Å². The first-order valence-electron chi connectivity index (χ1n) is 6.12. The zero-order valence-electron chi connectivity index (χ0n) is 10.3. The smallest absolute Gasteiger partial charge is 0.307 e. The van der Waals surface area contributed by atoms with E-state index in [0.29, 0.717) is 24.2 Å². The molecular formula is C13H19NO3. The lowest BCUT2D eigenvalue weighted by Gasteiger charge is -2.07. The normalized spacial score (nSPS) is 24.4. The maximum Gasteiger partial charge on any atom is 0.307 e. The quantitative estimate of drug-likeness (QED) is 0.798. The van der Waals surface area contributed by atoms with Crippen LogP contribution in [0, 0.1) is 5.92 Å². The molecule has 1 saturated carbocycles. The van der Waals surface area contributed by atoms with Gasteiger partial charge in [-0.1, -0.05) is 6.92 Å². The van der Waals surface area contributed by atoms with Crippen molar-refractivity contribution in [3.63, 3.8) is 0 Å². The van der Waals surface area contributed by atoms with Gasteiger partial charge in [-0.3, -0.25) is 4.79 Å². The summed E-state index contributed by atoms with van der Waals surface area (Å²) in [4.78, 5) is 11.3. The molecule has 17 heavy (non-hydrogen) atoms. The van der Waals surface area contributed by atoms with Crippen LogP contribution in [0.1, 0.15) is 50.2 Å². The van der Waals surface area contributed by atoms with E-state index in [1.807, 2.05) is 12.1 Å².